The van der Waals surface area contributed by atoms with Crippen molar-refractivity contribution >= 4 is 50.6 Å². The van der Waals surface area contributed by atoms with Crippen molar-refractivity contribution in [3.8, 4) is 50.6 Å². The van der Waals surface area contributed by atoms with E-state index in [-0.39, 0.29) is 31.9 Å². The first-order valence-corrected chi connectivity index (χ1v) is 29.1. The molecule has 0 fully saturated rings. The van der Waals surface area contributed by atoms with E-state index in [0.29, 0.717) is 5.56 Å². The van der Waals surface area contributed by atoms with Crippen molar-refractivity contribution in [2.24, 2.45) is 0 Å². The quantitative estimate of drug-likeness (QED) is 0.112. The number of aromatic nitrogens is 3. The van der Waals surface area contributed by atoms with Gasteiger partial charge in [0, 0.05) is 35.3 Å². The third kappa shape index (κ3) is 8.95. The van der Waals surface area contributed by atoms with Crippen LogP contribution in [-0.2, 0) is 20.1 Å². The molecule has 0 aliphatic rings. The van der Waals surface area contributed by atoms with Crippen molar-refractivity contribution in [3.05, 3.63) is 193 Å². The van der Waals surface area contributed by atoms with Crippen molar-refractivity contribution in [2.45, 2.75) is 63.7 Å². The summed E-state index contributed by atoms with van der Waals surface area (Å²) in [6.07, 6.45) is 2.04. The van der Waals surface area contributed by atoms with E-state index in [1.54, 1.807) is 12.1 Å². The number of imidazole rings is 1. The summed E-state index contributed by atoms with van der Waals surface area (Å²) in [6.45, 7) is 6.90. The molecule has 64 heavy (non-hydrogen) atoms. The molecule has 10 rings (SSSR count). The fourth-order valence-corrected chi connectivity index (χ4v) is 10.5. The molecule has 10 aromatic rings. The number of furan rings is 1. The van der Waals surface area contributed by atoms with E-state index in [9.17, 15) is 0 Å². The van der Waals surface area contributed by atoms with Crippen LogP contribution in [0.5, 0.6) is 0 Å². The molecule has 6 heteroatoms. The third-order valence-electron chi connectivity index (χ3n) is 11.8. The Kier molecular flexibility index (Phi) is 12.0. The van der Waals surface area contributed by atoms with Crippen molar-refractivity contribution in [3.63, 3.8) is 0 Å². The molecule has 0 aliphatic carbocycles. The van der Waals surface area contributed by atoms with Crippen LogP contribution in [0.1, 0.15) is 60.3 Å². The van der Waals surface area contributed by atoms with Crippen LogP contribution in [-0.4, -0.2) is 27.8 Å². The summed E-state index contributed by atoms with van der Waals surface area (Å²) in [5.41, 5.74) is 14.6. The Hall–Kier alpha value is -5.85. The van der Waals surface area contributed by atoms with Crippen LogP contribution in [0.3, 0.4) is 0 Å². The predicted molar refractivity (Wildman–Crippen MR) is 268 cm³/mol. The van der Waals surface area contributed by atoms with E-state index in [1.165, 1.54) is 26.6 Å². The predicted octanol–water partition coefficient (Wildman–Crippen LogP) is 15.4. The Balaban J connectivity index is 0.000000303. The second kappa shape index (κ2) is 18.7. The summed E-state index contributed by atoms with van der Waals surface area (Å²) in [5.74, 6) is 8.42. The minimum atomic E-state index is -2.14. The van der Waals surface area contributed by atoms with Gasteiger partial charge in [-0.05, 0) is 82.4 Å². The van der Waals surface area contributed by atoms with Gasteiger partial charge < -0.3 is 8.98 Å². The zero-order valence-corrected chi connectivity index (χ0v) is 41.8. The van der Waals surface area contributed by atoms with E-state index in [4.69, 9.17) is 13.5 Å². The van der Waals surface area contributed by atoms with Gasteiger partial charge in [-0.25, -0.2) is 0 Å². The molecule has 0 bridgehead atoms. The number of nitrogens with zero attached hydrogens (tertiary/aromatic N) is 3. The molecule has 321 valence electrons. The maximum Gasteiger partial charge on any atom is 0 e. The second-order valence-corrected chi connectivity index (χ2v) is 28.5. The molecular formula is C58H53GeIrN3O-2. The third-order valence-corrected chi connectivity index (χ3v) is 16.0. The second-order valence-electron chi connectivity index (χ2n) is 17.9. The summed E-state index contributed by atoms with van der Waals surface area (Å²) < 4.78 is 33.7. The molecule has 0 amide bonds. The molecule has 3 heterocycles. The Labute approximate surface area is 398 Å². The minimum Gasteiger partial charge on any atom is 0 e. The molecule has 0 saturated carbocycles. The van der Waals surface area contributed by atoms with Crippen LogP contribution in [0.15, 0.2) is 168 Å². The maximum atomic E-state index is 7.73. The van der Waals surface area contributed by atoms with Crippen LogP contribution in [0, 0.1) is 19.0 Å². The Morgan fingerprint density at radius 3 is 1.98 bits per heavy atom. The zero-order valence-electron chi connectivity index (χ0n) is 40.3. The number of pyridine rings is 1. The molecule has 0 atom stereocenters. The van der Waals surface area contributed by atoms with Crippen LogP contribution in [0.4, 0.5) is 0 Å². The van der Waals surface area contributed by atoms with Gasteiger partial charge in [0.25, 0.3) is 0 Å². The number of aryl methyl sites for hydroxylation is 1. The monoisotopic (exact) mass is 1080 g/mol. The fourth-order valence-electron chi connectivity index (χ4n) is 8.34. The molecule has 1 radical (unpaired) electrons. The normalized spacial score (nSPS) is 12.5. The molecule has 3 aromatic heterocycles. The van der Waals surface area contributed by atoms with Gasteiger partial charge in [0.1, 0.15) is 5.58 Å². The van der Waals surface area contributed by atoms with Gasteiger partial charge >= 0.3 is 99.8 Å². The Morgan fingerprint density at radius 2 is 1.33 bits per heavy atom. The number of fused-ring (bicyclic) bond motifs is 4. The smallest absolute Gasteiger partial charge is 0 e. The van der Waals surface area contributed by atoms with Crippen LogP contribution >= 0.6 is 0 Å². The van der Waals surface area contributed by atoms with Crippen molar-refractivity contribution in [1.29, 1.82) is 0 Å². The van der Waals surface area contributed by atoms with Gasteiger partial charge in [-0.2, -0.15) is 0 Å². The van der Waals surface area contributed by atoms with E-state index in [2.05, 4.69) is 158 Å². The van der Waals surface area contributed by atoms with Crippen LogP contribution < -0.4 is 4.40 Å². The molecule has 0 N–H and O–H groups in total. The van der Waals surface area contributed by atoms with Gasteiger partial charge in [0.05, 0.1) is 22.4 Å². The Bertz CT molecular complexity index is 3290. The molecule has 0 saturated heterocycles. The number of hydrogen-bond donors (Lipinski definition) is 0. The first-order chi connectivity index (χ1) is 31.7. The van der Waals surface area contributed by atoms with Gasteiger partial charge in [0.2, 0.25) is 0 Å². The maximum absolute atomic E-state index is 7.73. The molecule has 0 spiro atoms. The molecule has 7 aromatic carbocycles. The van der Waals surface area contributed by atoms with Gasteiger partial charge in [-0.1, -0.05) is 123 Å². The topological polar surface area (TPSA) is 43.9 Å². The summed E-state index contributed by atoms with van der Waals surface area (Å²) >= 11 is -1.72. The molecular weight excluding hydrogens is 1020 g/mol. The fraction of sp³-hybridized carbons (Fsp3) is 0.172. The average Bonchev–Trinajstić information content (AvgIpc) is 3.90. The summed E-state index contributed by atoms with van der Waals surface area (Å²) in [4.78, 5) is 9.81. The van der Waals surface area contributed by atoms with E-state index >= 15 is 0 Å². The Morgan fingerprint density at radius 1 is 0.641 bits per heavy atom. The zero-order chi connectivity index (χ0) is 46.3. The van der Waals surface area contributed by atoms with Gasteiger partial charge in [-0.3, -0.25) is 4.98 Å². The van der Waals surface area contributed by atoms with Crippen LogP contribution in [0.25, 0.3) is 83.6 Å². The molecule has 0 unspecified atom stereocenters. The number of rotatable bonds is 8. The number of hydrogen-bond acceptors (Lipinski definition) is 3. The van der Waals surface area contributed by atoms with Crippen molar-refractivity contribution in [1.82, 2.24) is 14.5 Å². The standard InChI is InChI=1S/C44H37N2O.C14H16GeN.Ir/c1-27(2)37-24-33(30-12-7-6-8-13-30)25-38(28(3)4)42(37)46-40-17-10-9-16-39(40)45-44(46)36-15-11-14-35-34-23-22-32(26-41(34)47-43(35)36)31-20-18-29(5)19-21-31;1-15(2,3)13-9-10-14(16-11-13)12-7-5-4-6-8-12;/h6-14,16-28H,1-5H3;4-7,9-11H,1-3H3;/q2*-1;/i5D3;;. The number of benzene rings is 7. The number of para-hydroxylation sites is 2. The summed E-state index contributed by atoms with van der Waals surface area (Å²) in [5, 5.41) is 1.99. The summed E-state index contributed by atoms with van der Waals surface area (Å²) in [7, 11) is 0. The largest absolute Gasteiger partial charge is 0 e. The SMILES string of the molecule is [2H]C([2H])([2H])c1ccc(-c2ccc3c(c2)oc2c(-c4nc5ccccc5n4-c4c(C(C)C)cc(-c5ccccc5)cc4C(C)C)[c-]ccc23)cc1.[CH3][Ge]([CH3])([CH3])[c]1ccc(-c2[c-]cccc2)nc1.[Ir]. The first-order valence-electron chi connectivity index (χ1n) is 23.3. The molecule has 4 nitrogen and oxygen atoms in total. The van der Waals surface area contributed by atoms with Gasteiger partial charge in [0.15, 0.2) is 0 Å². The van der Waals surface area contributed by atoms with Gasteiger partial charge in [-0.15, -0.1) is 18.2 Å². The van der Waals surface area contributed by atoms with Crippen molar-refractivity contribution in [2.75, 3.05) is 0 Å². The molecule has 0 aliphatic heterocycles. The van der Waals surface area contributed by atoms with E-state index < -0.39 is 20.1 Å². The minimum absolute atomic E-state index is 0. The van der Waals surface area contributed by atoms with Crippen LogP contribution in [0.2, 0.25) is 17.3 Å². The van der Waals surface area contributed by atoms with E-state index in [1.807, 2.05) is 60.8 Å². The first kappa shape index (κ1) is 40.9. The van der Waals surface area contributed by atoms with Crippen molar-refractivity contribution < 1.29 is 28.6 Å². The van der Waals surface area contributed by atoms with E-state index in [0.717, 1.165) is 72.4 Å². The summed E-state index contributed by atoms with van der Waals surface area (Å²) in [6, 6.07) is 59.9. The average molecular weight is 1080 g/mol.